The minimum Gasteiger partial charge on any atom is -0.479 e. The van der Waals surface area contributed by atoms with Gasteiger partial charge in [-0.2, -0.15) is 0 Å². The zero-order valence-corrected chi connectivity index (χ0v) is 40.1. The molecule has 1 aromatic carbocycles. The standard InChI is InChI=1S/C48H71N7O13/c1-7-53(6)28-34-27-32-9-8-16-50-45(32)55(34)20-14-39(58)54-18-12-33(13-19-54)49-17-22-66-24-23-65-21-15-38(57)52-40(29(2)3)36(56)26-31(5)46(62)51-35-11-10-30(4)25-37(35)67-48-43(61)41(59)42(60)44(68-48)47(63)64/h8-11,16,25,27,29,31,33,40-44,48-49,59-61H,7,12-15,17-24,26,28H2,1-6H3,(H,51,62)(H,52,57)(H,63,64)/t31-,40+,41+,42+,43-,44+,48-/m1/s1. The molecule has 0 saturated carbocycles. The lowest BCUT2D eigenvalue weighted by Crippen LogP contribution is -2.61. The number of carbonyl (C=O) groups is 5. The fourth-order valence-corrected chi connectivity index (χ4v) is 8.18. The van der Waals surface area contributed by atoms with Crippen molar-refractivity contribution in [2.45, 2.75) is 123 Å². The van der Waals surface area contributed by atoms with Crippen LogP contribution in [0.15, 0.2) is 42.6 Å². The van der Waals surface area contributed by atoms with E-state index < -0.39 is 54.5 Å². The van der Waals surface area contributed by atoms with E-state index in [-0.39, 0.29) is 61.0 Å². The number of ketones is 1. The number of nitrogens with zero attached hydrogens (tertiary/aromatic N) is 4. The van der Waals surface area contributed by atoms with E-state index >= 15 is 0 Å². The first-order valence-electron chi connectivity index (χ1n) is 23.6. The summed E-state index contributed by atoms with van der Waals surface area (Å²) < 4.78 is 24.5. The van der Waals surface area contributed by atoms with Gasteiger partial charge in [0.1, 0.15) is 29.7 Å². The highest BCUT2D eigenvalue weighted by Crippen LogP contribution is 2.31. The molecule has 0 aliphatic carbocycles. The number of aliphatic hydroxyl groups excluding tert-OH is 3. The minimum absolute atomic E-state index is 0.0118. The van der Waals surface area contributed by atoms with Gasteiger partial charge >= 0.3 is 5.97 Å². The number of Topliss-reactive ketones (excluding diaryl/α,β-unsaturated/α-hetero) is 1. The number of rotatable bonds is 26. The average molecular weight is 954 g/mol. The number of hydrogen-bond acceptors (Lipinski definition) is 15. The van der Waals surface area contributed by atoms with E-state index in [0.29, 0.717) is 57.4 Å². The molecule has 20 heteroatoms. The molecule has 0 spiro atoms. The van der Waals surface area contributed by atoms with Crippen molar-refractivity contribution in [3.8, 4) is 5.75 Å². The Morgan fingerprint density at radius 3 is 2.35 bits per heavy atom. The number of ether oxygens (including phenoxy) is 4. The molecule has 7 atom stereocenters. The summed E-state index contributed by atoms with van der Waals surface area (Å²) in [5, 5.41) is 50.1. The molecule has 3 aromatic rings. The molecule has 2 saturated heterocycles. The normalized spacial score (nSPS) is 20.9. The first-order valence-corrected chi connectivity index (χ1v) is 23.6. The van der Waals surface area contributed by atoms with Gasteiger partial charge in [-0.15, -0.1) is 0 Å². The Balaban J connectivity index is 0.938. The van der Waals surface area contributed by atoms with Crippen LogP contribution in [0, 0.1) is 18.8 Å². The second-order valence-corrected chi connectivity index (χ2v) is 18.1. The van der Waals surface area contributed by atoms with Crippen molar-refractivity contribution >= 4 is 46.2 Å². The van der Waals surface area contributed by atoms with E-state index in [1.165, 1.54) is 12.1 Å². The smallest absolute Gasteiger partial charge is 0.335 e. The second-order valence-electron chi connectivity index (χ2n) is 18.1. The number of anilines is 1. The zero-order chi connectivity index (χ0) is 49.5. The van der Waals surface area contributed by atoms with E-state index in [1.807, 2.05) is 11.0 Å². The molecule has 2 aromatic heterocycles. The molecule has 376 valence electrons. The van der Waals surface area contributed by atoms with Gasteiger partial charge in [0.15, 0.2) is 11.9 Å². The Labute approximate surface area is 397 Å². The predicted molar refractivity (Wildman–Crippen MR) is 251 cm³/mol. The quantitative estimate of drug-likeness (QED) is 0.0567. The number of aryl methyl sites for hydroxylation is 2. The minimum atomic E-state index is -1.91. The van der Waals surface area contributed by atoms with E-state index in [0.717, 1.165) is 42.7 Å². The van der Waals surface area contributed by atoms with Crippen molar-refractivity contribution in [2.24, 2.45) is 11.8 Å². The van der Waals surface area contributed by atoms with Crippen molar-refractivity contribution in [3.63, 3.8) is 0 Å². The molecule has 0 radical (unpaired) electrons. The van der Waals surface area contributed by atoms with Crippen molar-refractivity contribution in [1.29, 1.82) is 0 Å². The summed E-state index contributed by atoms with van der Waals surface area (Å²) in [7, 11) is 2.08. The first-order chi connectivity index (χ1) is 32.5. The van der Waals surface area contributed by atoms with Crippen molar-refractivity contribution in [1.82, 2.24) is 30.0 Å². The highest BCUT2D eigenvalue weighted by atomic mass is 16.7. The average Bonchev–Trinajstić information content (AvgIpc) is 3.66. The summed E-state index contributed by atoms with van der Waals surface area (Å²) in [5.74, 6) is -3.82. The summed E-state index contributed by atoms with van der Waals surface area (Å²) in [6.45, 7) is 14.6. The Bertz CT molecular complexity index is 2140. The number of carboxylic acid groups (broad SMARTS) is 1. The molecule has 2 fully saturated rings. The summed E-state index contributed by atoms with van der Waals surface area (Å²) in [4.78, 5) is 73.1. The topological polar surface area (TPSA) is 264 Å². The van der Waals surface area contributed by atoms with Crippen LogP contribution >= 0.6 is 0 Å². The SMILES string of the molecule is CCN(C)Cc1cc2cccnc2n1CCC(=O)N1CCC(NCCOCCOCCC(=O)N[C@H](C(=O)C[C@@H](C)C(=O)Nc2ccc(C)cc2O[C@@H]2O[C@H](C(=O)O)[C@@H](O)[C@H](O)[C@H]2O)C(C)C)CC1. The van der Waals surface area contributed by atoms with Crippen LogP contribution in [0.25, 0.3) is 11.0 Å². The maximum absolute atomic E-state index is 13.4. The van der Waals surface area contributed by atoms with Crippen LogP contribution in [-0.2, 0) is 51.3 Å². The number of nitrogens with one attached hydrogen (secondary N) is 3. The molecule has 7 N–H and O–H groups in total. The number of amides is 3. The van der Waals surface area contributed by atoms with Crippen LogP contribution in [0.5, 0.6) is 5.75 Å². The van der Waals surface area contributed by atoms with E-state index in [2.05, 4.69) is 56.5 Å². The zero-order valence-electron chi connectivity index (χ0n) is 40.1. The van der Waals surface area contributed by atoms with Crippen LogP contribution < -0.4 is 20.7 Å². The van der Waals surface area contributed by atoms with Gasteiger partial charge < -0.3 is 69.7 Å². The fraction of sp³-hybridized carbons (Fsp3) is 0.625. The van der Waals surface area contributed by atoms with E-state index in [9.17, 15) is 44.4 Å². The number of pyridine rings is 1. The highest BCUT2D eigenvalue weighted by Gasteiger charge is 2.48. The van der Waals surface area contributed by atoms with Gasteiger partial charge in [-0.1, -0.05) is 33.8 Å². The lowest BCUT2D eigenvalue weighted by Gasteiger charge is -2.38. The molecule has 3 amide bonds. The maximum Gasteiger partial charge on any atom is 0.335 e. The number of likely N-dealkylation sites (tertiary alicyclic amines) is 1. The molecular formula is C48H71N7O13. The lowest BCUT2D eigenvalue weighted by molar-refractivity contribution is -0.271. The Morgan fingerprint density at radius 1 is 0.941 bits per heavy atom. The number of aliphatic hydroxyl groups is 3. The van der Waals surface area contributed by atoms with Gasteiger partial charge in [-0.05, 0) is 75.2 Å². The number of hydrogen-bond donors (Lipinski definition) is 7. The lowest BCUT2D eigenvalue weighted by atomic mass is 9.92. The third-order valence-electron chi connectivity index (χ3n) is 12.4. The molecule has 4 heterocycles. The van der Waals surface area contributed by atoms with Gasteiger partial charge in [-0.3, -0.25) is 19.2 Å². The number of fused-ring (bicyclic) bond motifs is 1. The van der Waals surface area contributed by atoms with Crippen LogP contribution in [-0.4, -0.2) is 172 Å². The summed E-state index contributed by atoms with van der Waals surface area (Å²) in [5.41, 5.74) is 2.87. The van der Waals surface area contributed by atoms with Crippen LogP contribution in [0.4, 0.5) is 5.69 Å². The third-order valence-corrected chi connectivity index (χ3v) is 12.4. The fourth-order valence-electron chi connectivity index (χ4n) is 8.18. The summed E-state index contributed by atoms with van der Waals surface area (Å²) in [6, 6.07) is 10.3. The molecule has 5 rings (SSSR count). The summed E-state index contributed by atoms with van der Waals surface area (Å²) >= 11 is 0. The number of aliphatic carboxylic acids is 1. The number of carbonyl (C=O) groups excluding carboxylic acids is 4. The molecular weight excluding hydrogens is 883 g/mol. The Hall–Kier alpha value is -5.06. The number of piperidine rings is 1. The van der Waals surface area contributed by atoms with Gasteiger partial charge in [-0.25, -0.2) is 9.78 Å². The monoisotopic (exact) mass is 954 g/mol. The molecule has 0 unspecified atom stereocenters. The molecule has 0 bridgehead atoms. The van der Waals surface area contributed by atoms with Crippen molar-refractivity contribution in [2.75, 3.05) is 65.0 Å². The third kappa shape index (κ3) is 15.2. The second kappa shape index (κ2) is 26.1. The van der Waals surface area contributed by atoms with Gasteiger partial charge in [0.25, 0.3) is 0 Å². The van der Waals surface area contributed by atoms with Gasteiger partial charge in [0.2, 0.25) is 24.0 Å². The van der Waals surface area contributed by atoms with Crippen LogP contribution in [0.2, 0.25) is 0 Å². The van der Waals surface area contributed by atoms with Crippen LogP contribution in [0.1, 0.15) is 71.1 Å². The van der Waals surface area contributed by atoms with E-state index in [1.54, 1.807) is 40.0 Å². The van der Waals surface area contributed by atoms with Crippen LogP contribution in [0.3, 0.4) is 0 Å². The molecule has 68 heavy (non-hydrogen) atoms. The van der Waals surface area contributed by atoms with E-state index in [4.69, 9.17) is 18.9 Å². The number of carboxylic acids is 1. The molecule has 2 aliphatic heterocycles. The Kier molecular flexibility index (Phi) is 20.7. The highest BCUT2D eigenvalue weighted by molar-refractivity contribution is 5.98. The van der Waals surface area contributed by atoms with Gasteiger partial charge in [0, 0.05) is 81.2 Å². The molecule has 20 nitrogen and oxygen atoms in total. The first kappa shape index (κ1) is 53.9. The predicted octanol–water partition coefficient (Wildman–Crippen LogP) is 1.84. The van der Waals surface area contributed by atoms with Crippen molar-refractivity contribution in [3.05, 3.63) is 53.9 Å². The maximum atomic E-state index is 13.4. The van der Waals surface area contributed by atoms with Crippen molar-refractivity contribution < 1.29 is 63.3 Å². The number of aromatic nitrogens is 2. The Morgan fingerprint density at radius 2 is 1.66 bits per heavy atom. The summed E-state index contributed by atoms with van der Waals surface area (Å²) in [6.07, 6.45) is -5.41. The largest absolute Gasteiger partial charge is 0.479 e. The van der Waals surface area contributed by atoms with Gasteiger partial charge in [0.05, 0.1) is 38.2 Å². The molecule has 2 aliphatic rings. The number of benzene rings is 1.